The number of benzene rings is 1. The minimum Gasteiger partial charge on any atom is -0.383 e. The molecule has 1 aliphatic rings. The summed E-state index contributed by atoms with van der Waals surface area (Å²) in [6.45, 7) is 4.12. The predicted molar refractivity (Wildman–Crippen MR) is 99.0 cm³/mol. The van der Waals surface area contributed by atoms with Crippen LogP contribution < -0.4 is 16.4 Å². The number of nitrogens with two attached hydrogens (primary N) is 1. The van der Waals surface area contributed by atoms with Gasteiger partial charge in [-0.1, -0.05) is 24.3 Å². The highest BCUT2D eigenvalue weighted by molar-refractivity contribution is 5.94. The summed E-state index contributed by atoms with van der Waals surface area (Å²) >= 11 is 0. The summed E-state index contributed by atoms with van der Waals surface area (Å²) < 4.78 is 0. The molecule has 0 aliphatic carbocycles. The first kappa shape index (κ1) is 14.9. The van der Waals surface area contributed by atoms with Crippen LogP contribution in [0.4, 0.5) is 11.6 Å². The summed E-state index contributed by atoms with van der Waals surface area (Å²) in [7, 11) is 0. The van der Waals surface area contributed by atoms with Gasteiger partial charge >= 0.3 is 0 Å². The van der Waals surface area contributed by atoms with Crippen molar-refractivity contribution < 1.29 is 0 Å². The summed E-state index contributed by atoms with van der Waals surface area (Å²) in [4.78, 5) is 9.07. The lowest BCUT2D eigenvalue weighted by Crippen LogP contribution is -2.22. The number of hydrogen-bond donors (Lipinski definition) is 3. The van der Waals surface area contributed by atoms with Gasteiger partial charge in [0.05, 0.1) is 5.69 Å². The molecule has 0 saturated carbocycles. The van der Waals surface area contributed by atoms with E-state index in [0.29, 0.717) is 11.9 Å². The van der Waals surface area contributed by atoms with Crippen LogP contribution in [0.5, 0.6) is 0 Å². The normalized spacial score (nSPS) is 17.3. The molecule has 24 heavy (non-hydrogen) atoms. The smallest absolute Gasteiger partial charge is 0.133 e. The first-order valence-corrected chi connectivity index (χ1v) is 8.30. The molecule has 0 spiro atoms. The molecule has 1 fully saturated rings. The van der Waals surface area contributed by atoms with E-state index in [2.05, 4.69) is 51.8 Å². The molecule has 2 aromatic heterocycles. The number of fused-ring (bicyclic) bond motifs is 1. The average Bonchev–Trinajstić information content (AvgIpc) is 3.08. The van der Waals surface area contributed by atoms with Crippen molar-refractivity contribution in [1.29, 1.82) is 0 Å². The Bertz CT molecular complexity index is 884. The number of hydrogen-bond acceptors (Lipinski definition) is 5. The standard InChI is InChI=1S/C19H21N5/c1-12-4-2-3-5-15(12)17-8-13-9-18(23-14-6-7-21-10-14)22-11-16(13)19(20)24-17/h2-5,8-9,11,14,21H,6-7,10H2,1H3,(H2,20,24)(H,22,23)/t14-/m0/s1. The Morgan fingerprint density at radius 2 is 2.12 bits per heavy atom. The summed E-state index contributed by atoms with van der Waals surface area (Å²) in [5.74, 6) is 1.41. The third-order valence-corrected chi connectivity index (χ3v) is 4.58. The van der Waals surface area contributed by atoms with E-state index < -0.39 is 0 Å². The van der Waals surface area contributed by atoms with E-state index in [1.54, 1.807) is 0 Å². The molecule has 5 nitrogen and oxygen atoms in total. The number of pyridine rings is 2. The molecular weight excluding hydrogens is 298 g/mol. The van der Waals surface area contributed by atoms with E-state index in [0.717, 1.165) is 47.4 Å². The van der Waals surface area contributed by atoms with Crippen molar-refractivity contribution in [2.24, 2.45) is 0 Å². The van der Waals surface area contributed by atoms with Crippen LogP contribution in [0, 0.1) is 6.92 Å². The molecule has 5 heteroatoms. The van der Waals surface area contributed by atoms with Crippen LogP contribution in [0.25, 0.3) is 22.0 Å². The zero-order chi connectivity index (χ0) is 16.5. The number of nitrogen functional groups attached to an aromatic ring is 1. The Kier molecular flexibility index (Phi) is 3.78. The van der Waals surface area contributed by atoms with Crippen molar-refractivity contribution in [3.8, 4) is 11.3 Å². The first-order valence-electron chi connectivity index (χ1n) is 8.30. The number of nitrogens with zero attached hydrogens (tertiary/aromatic N) is 2. The molecule has 3 aromatic rings. The highest BCUT2D eigenvalue weighted by Crippen LogP contribution is 2.29. The van der Waals surface area contributed by atoms with Gasteiger partial charge in [0.25, 0.3) is 0 Å². The molecule has 3 heterocycles. The van der Waals surface area contributed by atoms with Gasteiger partial charge in [-0.05, 0) is 43.0 Å². The average molecular weight is 319 g/mol. The van der Waals surface area contributed by atoms with Crippen LogP contribution in [0.1, 0.15) is 12.0 Å². The lowest BCUT2D eigenvalue weighted by molar-refractivity contribution is 0.788. The number of aryl methyl sites for hydroxylation is 1. The van der Waals surface area contributed by atoms with Crippen molar-refractivity contribution >= 4 is 22.4 Å². The van der Waals surface area contributed by atoms with Crippen molar-refractivity contribution in [2.75, 3.05) is 24.1 Å². The number of rotatable bonds is 3. The van der Waals surface area contributed by atoms with E-state index in [-0.39, 0.29) is 0 Å². The Morgan fingerprint density at radius 3 is 2.92 bits per heavy atom. The number of aromatic nitrogens is 2. The lowest BCUT2D eigenvalue weighted by Gasteiger charge is -2.13. The fraction of sp³-hybridized carbons (Fsp3) is 0.263. The number of nitrogens with one attached hydrogen (secondary N) is 2. The van der Waals surface area contributed by atoms with Gasteiger partial charge in [0, 0.05) is 29.7 Å². The SMILES string of the molecule is Cc1ccccc1-c1cc2cc(N[C@H]3CCNC3)ncc2c(N)n1. The molecule has 1 aliphatic heterocycles. The van der Waals surface area contributed by atoms with Gasteiger partial charge in [0.1, 0.15) is 11.6 Å². The third kappa shape index (κ3) is 2.78. The van der Waals surface area contributed by atoms with Crippen LogP contribution in [-0.4, -0.2) is 29.1 Å². The van der Waals surface area contributed by atoms with Gasteiger partial charge < -0.3 is 16.4 Å². The quantitative estimate of drug-likeness (QED) is 0.692. The minimum absolute atomic E-state index is 0.435. The Balaban J connectivity index is 1.76. The molecule has 4 N–H and O–H groups in total. The second-order valence-electron chi connectivity index (χ2n) is 6.33. The van der Waals surface area contributed by atoms with E-state index in [9.17, 15) is 0 Å². The predicted octanol–water partition coefficient (Wildman–Crippen LogP) is 2.96. The largest absolute Gasteiger partial charge is 0.383 e. The van der Waals surface area contributed by atoms with E-state index in [1.807, 2.05) is 18.3 Å². The highest BCUT2D eigenvalue weighted by Gasteiger charge is 2.15. The Hall–Kier alpha value is -2.66. The minimum atomic E-state index is 0.435. The van der Waals surface area contributed by atoms with Gasteiger partial charge in [-0.3, -0.25) is 0 Å². The van der Waals surface area contributed by atoms with Gasteiger partial charge in [0.2, 0.25) is 0 Å². The molecule has 0 unspecified atom stereocenters. The molecule has 1 saturated heterocycles. The number of anilines is 2. The van der Waals surface area contributed by atoms with Crippen LogP contribution in [0.15, 0.2) is 42.6 Å². The fourth-order valence-electron chi connectivity index (χ4n) is 3.24. The maximum Gasteiger partial charge on any atom is 0.133 e. The summed E-state index contributed by atoms with van der Waals surface area (Å²) in [6.07, 6.45) is 2.93. The lowest BCUT2D eigenvalue weighted by atomic mass is 10.0. The van der Waals surface area contributed by atoms with Crippen LogP contribution >= 0.6 is 0 Å². The van der Waals surface area contributed by atoms with Crippen molar-refractivity contribution in [3.05, 3.63) is 48.2 Å². The molecule has 122 valence electrons. The van der Waals surface area contributed by atoms with Crippen LogP contribution in [-0.2, 0) is 0 Å². The van der Waals surface area contributed by atoms with Crippen LogP contribution in [0.2, 0.25) is 0 Å². The van der Waals surface area contributed by atoms with Gasteiger partial charge in [-0.2, -0.15) is 0 Å². The van der Waals surface area contributed by atoms with Crippen LogP contribution in [0.3, 0.4) is 0 Å². The van der Waals surface area contributed by atoms with E-state index >= 15 is 0 Å². The molecule has 0 amide bonds. The molecule has 0 bridgehead atoms. The van der Waals surface area contributed by atoms with Gasteiger partial charge in [0.15, 0.2) is 0 Å². The monoisotopic (exact) mass is 319 g/mol. The fourth-order valence-corrected chi connectivity index (χ4v) is 3.24. The van der Waals surface area contributed by atoms with E-state index in [4.69, 9.17) is 5.73 Å². The third-order valence-electron chi connectivity index (χ3n) is 4.58. The second kappa shape index (κ2) is 6.09. The maximum atomic E-state index is 6.18. The zero-order valence-electron chi connectivity index (χ0n) is 13.7. The zero-order valence-corrected chi connectivity index (χ0v) is 13.7. The Morgan fingerprint density at radius 1 is 1.25 bits per heavy atom. The molecule has 1 aromatic carbocycles. The van der Waals surface area contributed by atoms with Crippen molar-refractivity contribution in [3.63, 3.8) is 0 Å². The molecule has 4 rings (SSSR count). The topological polar surface area (TPSA) is 75.9 Å². The molecular formula is C19H21N5. The van der Waals surface area contributed by atoms with Crippen molar-refractivity contribution in [1.82, 2.24) is 15.3 Å². The highest BCUT2D eigenvalue weighted by atomic mass is 15.1. The molecule has 1 atom stereocenters. The Labute approximate surface area is 141 Å². The summed E-state index contributed by atoms with van der Waals surface area (Å²) in [5, 5.41) is 8.79. The van der Waals surface area contributed by atoms with Gasteiger partial charge in [-0.25, -0.2) is 9.97 Å². The van der Waals surface area contributed by atoms with E-state index in [1.165, 1.54) is 5.56 Å². The first-order chi connectivity index (χ1) is 11.7. The van der Waals surface area contributed by atoms with Crippen molar-refractivity contribution in [2.45, 2.75) is 19.4 Å². The summed E-state index contributed by atoms with van der Waals surface area (Å²) in [5.41, 5.74) is 9.37. The second-order valence-corrected chi connectivity index (χ2v) is 6.33. The maximum absolute atomic E-state index is 6.18. The van der Waals surface area contributed by atoms with Gasteiger partial charge in [-0.15, -0.1) is 0 Å². The summed E-state index contributed by atoms with van der Waals surface area (Å²) in [6, 6.07) is 12.8. The molecule has 0 radical (unpaired) electrons.